The van der Waals surface area contributed by atoms with Gasteiger partial charge in [0.05, 0.1) is 13.7 Å². The molecule has 8 heteroatoms. The Labute approximate surface area is 120 Å². The van der Waals surface area contributed by atoms with Gasteiger partial charge in [0.25, 0.3) is 6.43 Å². The second kappa shape index (κ2) is 9.41. The second-order valence-corrected chi connectivity index (χ2v) is 3.97. The van der Waals surface area contributed by atoms with E-state index < -0.39 is 19.6 Å². The molecule has 1 aromatic rings. The van der Waals surface area contributed by atoms with Crippen LogP contribution in [-0.2, 0) is 11.3 Å². The van der Waals surface area contributed by atoms with Gasteiger partial charge in [0, 0.05) is 18.7 Å². The molecule has 1 aromatic carbocycles. The molecular formula is C13H17F4NO3. The number of halogens is 4. The smallest absolute Gasteiger partial charge is 0.387 e. The fraction of sp³-hybridized carbons (Fsp3) is 0.538. The van der Waals surface area contributed by atoms with E-state index in [1.807, 2.05) is 0 Å². The molecule has 0 saturated heterocycles. The summed E-state index contributed by atoms with van der Waals surface area (Å²) in [7, 11) is 1.35. The van der Waals surface area contributed by atoms with Crippen molar-refractivity contribution in [3.05, 3.63) is 23.8 Å². The Morgan fingerprint density at radius 2 is 1.95 bits per heavy atom. The molecule has 0 fully saturated rings. The highest BCUT2D eigenvalue weighted by Gasteiger charge is 2.14. The maximum atomic E-state index is 12.4. The van der Waals surface area contributed by atoms with Crippen molar-refractivity contribution in [1.29, 1.82) is 0 Å². The molecule has 0 spiro atoms. The standard InChI is InChI=1S/C13H17F4NO3/c1-19-10-4-2-3-9(12(10)21-13(16)17)7-18-5-6-20-8-11(14)15/h2-4,11,13,18H,5-8H2,1H3. The van der Waals surface area contributed by atoms with Crippen LogP contribution in [0, 0.1) is 0 Å². The lowest BCUT2D eigenvalue weighted by molar-refractivity contribution is -0.0518. The van der Waals surface area contributed by atoms with Crippen molar-refractivity contribution in [2.24, 2.45) is 0 Å². The number of benzene rings is 1. The van der Waals surface area contributed by atoms with Crippen LogP contribution >= 0.6 is 0 Å². The first-order valence-corrected chi connectivity index (χ1v) is 6.22. The summed E-state index contributed by atoms with van der Waals surface area (Å²) < 4.78 is 62.5. The van der Waals surface area contributed by atoms with E-state index in [-0.39, 0.29) is 24.7 Å². The van der Waals surface area contributed by atoms with Crippen molar-refractivity contribution in [3.63, 3.8) is 0 Å². The Morgan fingerprint density at radius 1 is 1.19 bits per heavy atom. The molecule has 0 amide bonds. The van der Waals surface area contributed by atoms with Gasteiger partial charge in [-0.2, -0.15) is 8.78 Å². The first-order valence-electron chi connectivity index (χ1n) is 6.22. The lowest BCUT2D eigenvalue weighted by Crippen LogP contribution is -2.21. The van der Waals surface area contributed by atoms with Crippen LogP contribution in [0.1, 0.15) is 5.56 Å². The van der Waals surface area contributed by atoms with E-state index >= 15 is 0 Å². The number of methoxy groups -OCH3 is 1. The highest BCUT2D eigenvalue weighted by atomic mass is 19.3. The Kier molecular flexibility index (Phi) is 7.84. The van der Waals surface area contributed by atoms with Crippen LogP contribution in [0.5, 0.6) is 11.5 Å². The highest BCUT2D eigenvalue weighted by molar-refractivity contribution is 5.46. The molecule has 0 aromatic heterocycles. The van der Waals surface area contributed by atoms with Crippen molar-refractivity contribution >= 4 is 0 Å². The second-order valence-electron chi connectivity index (χ2n) is 3.97. The van der Waals surface area contributed by atoms with Gasteiger partial charge in [-0.3, -0.25) is 0 Å². The third kappa shape index (κ3) is 6.63. The van der Waals surface area contributed by atoms with Crippen LogP contribution in [0.3, 0.4) is 0 Å². The summed E-state index contributed by atoms with van der Waals surface area (Å²) in [6, 6.07) is 4.75. The summed E-state index contributed by atoms with van der Waals surface area (Å²) in [6.45, 7) is -2.97. The van der Waals surface area contributed by atoms with Gasteiger partial charge in [-0.15, -0.1) is 0 Å². The van der Waals surface area contributed by atoms with Crippen LogP contribution in [0.25, 0.3) is 0 Å². The highest BCUT2D eigenvalue weighted by Crippen LogP contribution is 2.32. The van der Waals surface area contributed by atoms with Crippen LogP contribution in [0.15, 0.2) is 18.2 Å². The van der Waals surface area contributed by atoms with Gasteiger partial charge in [0.15, 0.2) is 11.5 Å². The lowest BCUT2D eigenvalue weighted by atomic mass is 10.2. The molecule has 1 N–H and O–H groups in total. The van der Waals surface area contributed by atoms with Gasteiger partial charge in [-0.1, -0.05) is 12.1 Å². The molecule has 21 heavy (non-hydrogen) atoms. The van der Waals surface area contributed by atoms with Gasteiger partial charge in [-0.25, -0.2) is 8.78 Å². The molecule has 4 nitrogen and oxygen atoms in total. The van der Waals surface area contributed by atoms with E-state index in [0.717, 1.165) is 0 Å². The minimum Gasteiger partial charge on any atom is -0.493 e. The predicted molar refractivity (Wildman–Crippen MR) is 68.2 cm³/mol. The third-order valence-electron chi connectivity index (χ3n) is 2.47. The molecule has 0 heterocycles. The van der Waals surface area contributed by atoms with Gasteiger partial charge < -0.3 is 19.5 Å². The van der Waals surface area contributed by atoms with E-state index in [1.54, 1.807) is 12.1 Å². The van der Waals surface area contributed by atoms with Crippen molar-refractivity contribution in [2.45, 2.75) is 19.6 Å². The number of ether oxygens (including phenoxy) is 3. The zero-order chi connectivity index (χ0) is 15.7. The molecule has 0 aliphatic rings. The van der Waals surface area contributed by atoms with Crippen LogP contribution < -0.4 is 14.8 Å². The monoisotopic (exact) mass is 311 g/mol. The molecular weight excluding hydrogens is 294 g/mol. The van der Waals surface area contributed by atoms with E-state index in [0.29, 0.717) is 12.1 Å². The zero-order valence-electron chi connectivity index (χ0n) is 11.5. The third-order valence-corrected chi connectivity index (χ3v) is 2.47. The van der Waals surface area contributed by atoms with Crippen molar-refractivity contribution < 1.29 is 31.8 Å². The normalized spacial score (nSPS) is 11.2. The zero-order valence-corrected chi connectivity index (χ0v) is 11.5. The molecule has 0 bridgehead atoms. The molecule has 120 valence electrons. The summed E-state index contributed by atoms with van der Waals surface area (Å²) in [5.74, 6) is 0.152. The number of para-hydroxylation sites is 1. The topological polar surface area (TPSA) is 39.7 Å². The largest absolute Gasteiger partial charge is 0.493 e. The van der Waals surface area contributed by atoms with Crippen molar-refractivity contribution in [3.8, 4) is 11.5 Å². The van der Waals surface area contributed by atoms with Gasteiger partial charge in [-0.05, 0) is 6.07 Å². The quantitative estimate of drug-likeness (QED) is 0.533. The maximum absolute atomic E-state index is 12.4. The molecule has 0 unspecified atom stereocenters. The molecule has 0 atom stereocenters. The van der Waals surface area contributed by atoms with Crippen LogP contribution in [0.4, 0.5) is 17.6 Å². The first-order chi connectivity index (χ1) is 10.0. The van der Waals surface area contributed by atoms with E-state index in [9.17, 15) is 17.6 Å². The SMILES string of the molecule is COc1cccc(CNCCOCC(F)F)c1OC(F)F. The number of hydrogen-bond donors (Lipinski definition) is 1. The summed E-state index contributed by atoms with van der Waals surface area (Å²) in [5, 5.41) is 2.89. The molecule has 0 aliphatic carbocycles. The van der Waals surface area contributed by atoms with Crippen LogP contribution in [-0.4, -0.2) is 39.9 Å². The number of hydrogen-bond acceptors (Lipinski definition) is 4. The van der Waals surface area contributed by atoms with Crippen molar-refractivity contribution in [1.82, 2.24) is 5.32 Å². The molecule has 1 rings (SSSR count). The minimum absolute atomic E-state index is 0.0454. The maximum Gasteiger partial charge on any atom is 0.387 e. The van der Waals surface area contributed by atoms with E-state index in [2.05, 4.69) is 14.8 Å². The number of rotatable bonds is 10. The summed E-state index contributed by atoms with van der Waals surface area (Å²) in [5.41, 5.74) is 0.475. The fourth-order valence-electron chi connectivity index (χ4n) is 1.62. The number of nitrogens with one attached hydrogen (secondary N) is 1. The van der Waals surface area contributed by atoms with Crippen molar-refractivity contribution in [2.75, 3.05) is 26.9 Å². The van der Waals surface area contributed by atoms with Crippen LogP contribution in [0.2, 0.25) is 0 Å². The van der Waals surface area contributed by atoms with Gasteiger partial charge in [0.2, 0.25) is 0 Å². The molecule has 0 aliphatic heterocycles. The fourth-order valence-corrected chi connectivity index (χ4v) is 1.62. The summed E-state index contributed by atoms with van der Waals surface area (Å²) in [4.78, 5) is 0. The minimum atomic E-state index is -2.96. The van der Waals surface area contributed by atoms with E-state index in [1.165, 1.54) is 13.2 Å². The van der Waals surface area contributed by atoms with Gasteiger partial charge in [0.1, 0.15) is 6.61 Å². The Hall–Kier alpha value is -1.54. The Morgan fingerprint density at radius 3 is 2.57 bits per heavy atom. The lowest BCUT2D eigenvalue weighted by Gasteiger charge is -2.14. The molecule has 0 radical (unpaired) electrons. The predicted octanol–water partition coefficient (Wildman–Crippen LogP) is 2.67. The first kappa shape index (κ1) is 17.5. The Balaban J connectivity index is 2.50. The number of alkyl halides is 4. The molecule has 0 saturated carbocycles. The average Bonchev–Trinajstić information content (AvgIpc) is 2.43. The summed E-state index contributed by atoms with van der Waals surface area (Å²) >= 11 is 0. The van der Waals surface area contributed by atoms with E-state index in [4.69, 9.17) is 4.74 Å². The Bertz CT molecular complexity index is 418. The van der Waals surface area contributed by atoms with Gasteiger partial charge >= 0.3 is 6.61 Å². The average molecular weight is 311 g/mol. The summed E-state index contributed by atoms with van der Waals surface area (Å²) in [6.07, 6.45) is -2.51.